The Morgan fingerprint density at radius 1 is 1.28 bits per heavy atom. The number of nitrogens with zero attached hydrogens (tertiary/aromatic N) is 1. The van der Waals surface area contributed by atoms with E-state index >= 15 is 0 Å². The summed E-state index contributed by atoms with van der Waals surface area (Å²) in [6.45, 7) is -0.139. The van der Waals surface area contributed by atoms with E-state index in [-0.39, 0.29) is 29.5 Å². The number of benzene rings is 1. The number of furan rings is 1. The van der Waals surface area contributed by atoms with E-state index in [0.717, 1.165) is 4.90 Å². The third kappa shape index (κ3) is 3.23. The van der Waals surface area contributed by atoms with E-state index in [1.165, 1.54) is 31.4 Å². The van der Waals surface area contributed by atoms with Gasteiger partial charge in [-0.3, -0.25) is 9.69 Å². The van der Waals surface area contributed by atoms with E-state index in [1.807, 2.05) is 0 Å². The first kappa shape index (κ1) is 16.3. The summed E-state index contributed by atoms with van der Waals surface area (Å²) in [7, 11) is 1.22. The number of aromatic hydroxyl groups is 1. The van der Waals surface area contributed by atoms with Crippen LogP contribution in [0.1, 0.15) is 21.9 Å². The van der Waals surface area contributed by atoms with Crippen molar-refractivity contribution in [3.63, 3.8) is 0 Å². The lowest BCUT2D eigenvalue weighted by Crippen LogP contribution is -2.30. The monoisotopic (exact) mass is 342 g/mol. The van der Waals surface area contributed by atoms with Gasteiger partial charge < -0.3 is 19.6 Å². The van der Waals surface area contributed by atoms with Gasteiger partial charge in [-0.2, -0.15) is 0 Å². The van der Waals surface area contributed by atoms with E-state index in [2.05, 4.69) is 10.1 Å². The number of amides is 3. The summed E-state index contributed by atoms with van der Waals surface area (Å²) in [5.41, 5.74) is 0.435. The Labute approximate surface area is 142 Å². The number of esters is 1. The lowest BCUT2D eigenvalue weighted by atomic mass is 10.1. The van der Waals surface area contributed by atoms with E-state index < -0.39 is 17.9 Å². The maximum absolute atomic E-state index is 12.4. The minimum atomic E-state index is -0.649. The molecule has 0 bridgehead atoms. The van der Waals surface area contributed by atoms with Gasteiger partial charge in [0.05, 0.1) is 13.7 Å². The smallest absolute Gasteiger partial charge is 0.373 e. The lowest BCUT2D eigenvalue weighted by Gasteiger charge is -2.09. The molecule has 128 valence electrons. The molecule has 1 aliphatic heterocycles. The number of nitrogens with one attached hydrogen (secondary N) is 1. The predicted molar refractivity (Wildman–Crippen MR) is 85.2 cm³/mol. The molecule has 0 radical (unpaired) electrons. The molecule has 3 rings (SSSR count). The zero-order valence-corrected chi connectivity index (χ0v) is 13.2. The van der Waals surface area contributed by atoms with Crippen molar-refractivity contribution < 1.29 is 28.6 Å². The third-order valence-corrected chi connectivity index (χ3v) is 3.56. The fraction of sp³-hybridized carbons (Fsp3) is 0.118. The van der Waals surface area contributed by atoms with Crippen molar-refractivity contribution in [2.45, 2.75) is 6.54 Å². The number of imide groups is 1. The van der Waals surface area contributed by atoms with Crippen LogP contribution >= 0.6 is 0 Å². The molecular formula is C17H14N2O6. The van der Waals surface area contributed by atoms with Gasteiger partial charge in [-0.15, -0.1) is 0 Å². The molecule has 1 aromatic heterocycles. The Bertz CT molecular complexity index is 883. The van der Waals surface area contributed by atoms with Crippen molar-refractivity contribution in [3.05, 3.63) is 59.2 Å². The molecule has 1 fully saturated rings. The maximum atomic E-state index is 12.4. The highest BCUT2D eigenvalue weighted by Gasteiger charge is 2.34. The summed E-state index contributed by atoms with van der Waals surface area (Å²) in [5.74, 6) is -0.987. The molecule has 3 amide bonds. The Morgan fingerprint density at radius 2 is 2.04 bits per heavy atom. The maximum Gasteiger partial charge on any atom is 0.373 e. The summed E-state index contributed by atoms with van der Waals surface area (Å²) < 4.78 is 9.79. The number of phenols is 1. The topological polar surface area (TPSA) is 109 Å². The van der Waals surface area contributed by atoms with Gasteiger partial charge in [0.1, 0.15) is 17.2 Å². The molecule has 0 unspecified atom stereocenters. The number of para-hydroxylation sites is 1. The second-order valence-corrected chi connectivity index (χ2v) is 5.20. The zero-order chi connectivity index (χ0) is 18.0. The van der Waals surface area contributed by atoms with Gasteiger partial charge in [-0.05, 0) is 24.3 Å². The number of phenolic OH excluding ortho intramolecular Hbond substituents is 1. The highest BCUT2D eigenvalue weighted by Crippen LogP contribution is 2.22. The molecule has 2 N–H and O–H groups in total. The molecule has 25 heavy (non-hydrogen) atoms. The van der Waals surface area contributed by atoms with Crippen LogP contribution in [0.2, 0.25) is 0 Å². The van der Waals surface area contributed by atoms with Crippen LogP contribution in [0.4, 0.5) is 4.79 Å². The summed E-state index contributed by atoms with van der Waals surface area (Å²) in [4.78, 5) is 36.7. The number of hydrogen-bond donors (Lipinski definition) is 2. The molecule has 8 heteroatoms. The summed E-state index contributed by atoms with van der Waals surface area (Å²) in [6, 6.07) is 8.69. The largest absolute Gasteiger partial charge is 0.507 e. The van der Waals surface area contributed by atoms with Gasteiger partial charge in [-0.25, -0.2) is 9.59 Å². The fourth-order valence-electron chi connectivity index (χ4n) is 2.31. The summed E-state index contributed by atoms with van der Waals surface area (Å²) in [5, 5.41) is 12.2. The minimum Gasteiger partial charge on any atom is -0.507 e. The molecular weight excluding hydrogens is 328 g/mol. The lowest BCUT2D eigenvalue weighted by molar-refractivity contribution is -0.123. The van der Waals surface area contributed by atoms with Gasteiger partial charge in [0.25, 0.3) is 5.91 Å². The summed E-state index contributed by atoms with van der Waals surface area (Å²) >= 11 is 0. The molecule has 0 spiro atoms. The first-order valence-electron chi connectivity index (χ1n) is 7.29. The van der Waals surface area contributed by atoms with Gasteiger partial charge in [0, 0.05) is 5.56 Å². The van der Waals surface area contributed by atoms with E-state index in [1.54, 1.807) is 18.2 Å². The molecule has 0 saturated carbocycles. The first-order valence-corrected chi connectivity index (χ1v) is 7.29. The number of ether oxygens (including phenoxy) is 1. The van der Waals surface area contributed by atoms with Crippen molar-refractivity contribution in [2.24, 2.45) is 0 Å². The van der Waals surface area contributed by atoms with Crippen molar-refractivity contribution in [1.82, 2.24) is 10.2 Å². The quantitative estimate of drug-likeness (QED) is 0.499. The van der Waals surface area contributed by atoms with Crippen molar-refractivity contribution in [1.29, 1.82) is 0 Å². The fourth-order valence-corrected chi connectivity index (χ4v) is 2.31. The number of hydrogen-bond acceptors (Lipinski definition) is 6. The van der Waals surface area contributed by atoms with E-state index in [4.69, 9.17) is 4.42 Å². The molecule has 2 aromatic rings. The van der Waals surface area contributed by atoms with Gasteiger partial charge >= 0.3 is 12.0 Å². The Balaban J connectivity index is 1.79. The highest BCUT2D eigenvalue weighted by atomic mass is 16.5. The average molecular weight is 342 g/mol. The normalized spacial score (nSPS) is 15.6. The Morgan fingerprint density at radius 3 is 2.76 bits per heavy atom. The van der Waals surface area contributed by atoms with Crippen LogP contribution in [-0.4, -0.2) is 35.0 Å². The van der Waals surface area contributed by atoms with Crippen LogP contribution < -0.4 is 5.32 Å². The highest BCUT2D eigenvalue weighted by molar-refractivity contribution is 6.14. The molecule has 2 heterocycles. The van der Waals surface area contributed by atoms with Crippen LogP contribution in [0.5, 0.6) is 5.75 Å². The Kier molecular flexibility index (Phi) is 4.25. The van der Waals surface area contributed by atoms with Gasteiger partial charge in [-0.1, -0.05) is 18.2 Å². The summed E-state index contributed by atoms with van der Waals surface area (Å²) in [6.07, 6.45) is 1.39. The molecule has 1 aliphatic rings. The second kappa shape index (κ2) is 6.52. The average Bonchev–Trinajstić information content (AvgIpc) is 3.17. The van der Waals surface area contributed by atoms with Crippen molar-refractivity contribution >= 4 is 24.0 Å². The van der Waals surface area contributed by atoms with Crippen LogP contribution in [0, 0.1) is 0 Å². The van der Waals surface area contributed by atoms with Crippen molar-refractivity contribution in [3.8, 4) is 5.75 Å². The van der Waals surface area contributed by atoms with Crippen LogP contribution in [0.3, 0.4) is 0 Å². The Hall–Kier alpha value is -3.55. The minimum absolute atomic E-state index is 0.00995. The number of carbonyl (C=O) groups excluding carboxylic acids is 3. The number of rotatable bonds is 4. The standard InChI is InChI=1S/C17H14N2O6/c1-24-16(22)14-7-6-11(25-14)9-19-15(21)12(18-17(19)23)8-10-4-2-3-5-13(10)20/h2-8,20H,9H2,1H3,(H,18,23)/b12-8-. The van der Waals surface area contributed by atoms with Crippen LogP contribution in [0.25, 0.3) is 6.08 Å². The number of carbonyl (C=O) groups is 3. The van der Waals surface area contributed by atoms with Gasteiger partial charge in [0.2, 0.25) is 5.76 Å². The first-order chi connectivity index (χ1) is 12.0. The third-order valence-electron chi connectivity index (χ3n) is 3.56. The van der Waals surface area contributed by atoms with E-state index in [0.29, 0.717) is 5.56 Å². The van der Waals surface area contributed by atoms with Crippen LogP contribution in [-0.2, 0) is 16.1 Å². The molecule has 1 aromatic carbocycles. The molecule has 1 saturated heterocycles. The predicted octanol–water partition coefficient (Wildman–Crippen LogP) is 1.86. The molecule has 0 atom stereocenters. The van der Waals surface area contributed by atoms with Gasteiger partial charge in [0.15, 0.2) is 0 Å². The zero-order valence-electron chi connectivity index (χ0n) is 13.2. The molecule has 0 aliphatic carbocycles. The second-order valence-electron chi connectivity index (χ2n) is 5.20. The SMILES string of the molecule is COC(=O)c1ccc(CN2C(=O)N/C(=C\c3ccccc3O)C2=O)o1. The van der Waals surface area contributed by atoms with Crippen LogP contribution in [0.15, 0.2) is 46.5 Å². The number of urea groups is 1. The van der Waals surface area contributed by atoms with E-state index in [9.17, 15) is 19.5 Å². The molecule has 8 nitrogen and oxygen atoms in total. The number of methoxy groups -OCH3 is 1. The van der Waals surface area contributed by atoms with Crippen molar-refractivity contribution in [2.75, 3.05) is 7.11 Å².